The molecule has 0 aliphatic carbocycles. The average Bonchev–Trinajstić information content (AvgIpc) is 3.48. The Balaban J connectivity index is 1.72. The summed E-state index contributed by atoms with van der Waals surface area (Å²) in [7, 11) is 5.11. The first-order valence-corrected chi connectivity index (χ1v) is 11.6. The number of nitrogens with zero attached hydrogens (tertiary/aromatic N) is 4. The number of benzene rings is 1. The molecular formula is C24H29N5O3S. The number of fused-ring (bicyclic) bond motifs is 1. The summed E-state index contributed by atoms with van der Waals surface area (Å²) in [5.74, 6) is 2.29. The maximum atomic E-state index is 13.4. The van der Waals surface area contributed by atoms with E-state index in [0.29, 0.717) is 28.1 Å². The molecule has 0 saturated carbocycles. The van der Waals surface area contributed by atoms with E-state index in [1.54, 1.807) is 26.5 Å². The van der Waals surface area contributed by atoms with Crippen molar-refractivity contribution in [1.82, 2.24) is 24.6 Å². The smallest absolute Gasteiger partial charge is 0.262 e. The van der Waals surface area contributed by atoms with Crippen LogP contribution in [0.4, 0.5) is 0 Å². The Morgan fingerprint density at radius 3 is 2.42 bits per heavy atom. The van der Waals surface area contributed by atoms with Gasteiger partial charge in [-0.05, 0) is 36.6 Å². The maximum Gasteiger partial charge on any atom is 0.262 e. The first-order chi connectivity index (χ1) is 15.8. The molecule has 0 spiro atoms. The van der Waals surface area contributed by atoms with Crippen LogP contribution in [0.15, 0.2) is 36.7 Å². The lowest BCUT2D eigenvalue weighted by atomic mass is 10.0. The highest BCUT2D eigenvalue weighted by Gasteiger charge is 2.25. The summed E-state index contributed by atoms with van der Waals surface area (Å²) in [5.41, 5.74) is 1.75. The van der Waals surface area contributed by atoms with E-state index in [4.69, 9.17) is 9.47 Å². The largest absolute Gasteiger partial charge is 0.497 e. The Bertz CT molecular complexity index is 1260. The van der Waals surface area contributed by atoms with Crippen molar-refractivity contribution in [3.8, 4) is 11.5 Å². The van der Waals surface area contributed by atoms with Gasteiger partial charge in [-0.25, -0.2) is 4.98 Å². The molecule has 9 heteroatoms. The molecule has 3 heterocycles. The molecule has 0 aliphatic rings. The lowest BCUT2D eigenvalue weighted by Gasteiger charge is -2.20. The Morgan fingerprint density at radius 2 is 1.85 bits per heavy atom. The van der Waals surface area contributed by atoms with Crippen LogP contribution in [0, 0.1) is 12.8 Å². The SMILES string of the molecule is COc1cc(OC)cc(C(NC(=O)c2cc3c(C)nn(CC(C)C)c3s2)c2nccn2C)c1. The van der Waals surface area contributed by atoms with E-state index in [2.05, 4.69) is 29.2 Å². The van der Waals surface area contributed by atoms with Crippen molar-refractivity contribution in [1.29, 1.82) is 0 Å². The Hall–Kier alpha value is -3.33. The van der Waals surface area contributed by atoms with Crippen molar-refractivity contribution in [3.05, 3.63) is 58.6 Å². The Kier molecular flexibility index (Phi) is 6.42. The van der Waals surface area contributed by atoms with Gasteiger partial charge in [0.1, 0.15) is 28.2 Å². The number of nitrogens with one attached hydrogen (secondary N) is 1. The van der Waals surface area contributed by atoms with E-state index in [1.165, 1.54) is 11.3 Å². The van der Waals surface area contributed by atoms with Crippen LogP contribution in [0.5, 0.6) is 11.5 Å². The molecule has 1 unspecified atom stereocenters. The normalized spacial score (nSPS) is 12.3. The molecule has 174 valence electrons. The lowest BCUT2D eigenvalue weighted by Crippen LogP contribution is -2.30. The summed E-state index contributed by atoms with van der Waals surface area (Å²) in [4.78, 5) is 19.6. The number of ether oxygens (including phenoxy) is 2. The van der Waals surface area contributed by atoms with Crippen LogP contribution in [-0.2, 0) is 13.6 Å². The number of carbonyl (C=O) groups excluding carboxylic acids is 1. The minimum absolute atomic E-state index is 0.165. The number of carbonyl (C=O) groups is 1. The van der Waals surface area contributed by atoms with Gasteiger partial charge in [-0.15, -0.1) is 11.3 Å². The number of hydrogen-bond donors (Lipinski definition) is 1. The number of aromatic nitrogens is 4. The summed E-state index contributed by atoms with van der Waals surface area (Å²) < 4.78 is 14.8. The van der Waals surface area contributed by atoms with E-state index < -0.39 is 6.04 Å². The van der Waals surface area contributed by atoms with Gasteiger partial charge < -0.3 is 19.4 Å². The molecule has 1 atom stereocenters. The molecule has 0 radical (unpaired) electrons. The minimum Gasteiger partial charge on any atom is -0.497 e. The van der Waals surface area contributed by atoms with Crippen molar-refractivity contribution in [3.63, 3.8) is 0 Å². The third-order valence-electron chi connectivity index (χ3n) is 5.47. The minimum atomic E-state index is -0.486. The van der Waals surface area contributed by atoms with Gasteiger partial charge in [-0.2, -0.15) is 5.10 Å². The van der Waals surface area contributed by atoms with E-state index in [1.807, 2.05) is 47.6 Å². The number of aryl methyl sites for hydroxylation is 2. The molecule has 0 bridgehead atoms. The number of amides is 1. The molecule has 1 aromatic carbocycles. The molecule has 3 aromatic heterocycles. The first-order valence-electron chi connectivity index (χ1n) is 10.8. The summed E-state index contributed by atoms with van der Waals surface area (Å²) in [5, 5.41) is 8.83. The number of rotatable bonds is 8. The molecule has 0 fully saturated rings. The highest BCUT2D eigenvalue weighted by Crippen LogP contribution is 2.32. The van der Waals surface area contributed by atoms with Gasteiger partial charge >= 0.3 is 0 Å². The first kappa shape index (κ1) is 22.8. The molecule has 1 N–H and O–H groups in total. The van der Waals surface area contributed by atoms with Crippen LogP contribution in [0.25, 0.3) is 10.2 Å². The van der Waals surface area contributed by atoms with E-state index in [-0.39, 0.29) is 5.91 Å². The number of methoxy groups -OCH3 is 2. The fourth-order valence-corrected chi connectivity index (χ4v) is 4.92. The lowest BCUT2D eigenvalue weighted by molar-refractivity contribution is 0.0945. The van der Waals surface area contributed by atoms with Crippen molar-refractivity contribution in [2.45, 2.75) is 33.4 Å². The summed E-state index contributed by atoms with van der Waals surface area (Å²) >= 11 is 1.46. The van der Waals surface area contributed by atoms with Gasteiger partial charge in [-0.3, -0.25) is 9.48 Å². The summed E-state index contributed by atoms with van der Waals surface area (Å²) in [6.45, 7) is 7.10. The van der Waals surface area contributed by atoms with Gasteiger partial charge in [-0.1, -0.05) is 13.8 Å². The van der Waals surface area contributed by atoms with Crippen LogP contribution < -0.4 is 14.8 Å². The molecular weight excluding hydrogens is 438 g/mol. The van der Waals surface area contributed by atoms with Gasteiger partial charge in [0.25, 0.3) is 5.91 Å². The maximum absolute atomic E-state index is 13.4. The fourth-order valence-electron chi connectivity index (χ4n) is 3.84. The highest BCUT2D eigenvalue weighted by molar-refractivity contribution is 7.20. The fraction of sp³-hybridized carbons (Fsp3) is 0.375. The topological polar surface area (TPSA) is 83.2 Å². The van der Waals surface area contributed by atoms with Crippen molar-refractivity contribution >= 4 is 27.5 Å². The third kappa shape index (κ3) is 4.59. The van der Waals surface area contributed by atoms with E-state index in [0.717, 1.165) is 28.0 Å². The average molecular weight is 468 g/mol. The monoisotopic (exact) mass is 467 g/mol. The van der Waals surface area contributed by atoms with Crippen molar-refractivity contribution < 1.29 is 14.3 Å². The second-order valence-electron chi connectivity index (χ2n) is 8.44. The van der Waals surface area contributed by atoms with Gasteiger partial charge in [0.2, 0.25) is 0 Å². The zero-order valence-electron chi connectivity index (χ0n) is 19.7. The molecule has 33 heavy (non-hydrogen) atoms. The van der Waals surface area contributed by atoms with Crippen LogP contribution in [0.1, 0.15) is 46.6 Å². The second-order valence-corrected chi connectivity index (χ2v) is 9.47. The Labute approximate surface area is 197 Å². The quantitative estimate of drug-likeness (QED) is 0.417. The zero-order valence-corrected chi connectivity index (χ0v) is 20.6. The molecule has 0 aliphatic heterocycles. The third-order valence-corrected chi connectivity index (χ3v) is 6.62. The van der Waals surface area contributed by atoms with Crippen LogP contribution >= 0.6 is 11.3 Å². The van der Waals surface area contributed by atoms with Gasteiger partial charge in [0.05, 0.1) is 24.8 Å². The van der Waals surface area contributed by atoms with Crippen LogP contribution in [0.3, 0.4) is 0 Å². The van der Waals surface area contributed by atoms with Crippen molar-refractivity contribution in [2.75, 3.05) is 14.2 Å². The van der Waals surface area contributed by atoms with E-state index >= 15 is 0 Å². The van der Waals surface area contributed by atoms with E-state index in [9.17, 15) is 4.79 Å². The Morgan fingerprint density at radius 1 is 1.15 bits per heavy atom. The van der Waals surface area contributed by atoms with Crippen LogP contribution in [-0.4, -0.2) is 39.5 Å². The number of hydrogen-bond acceptors (Lipinski definition) is 6. The zero-order chi connectivity index (χ0) is 23.7. The predicted octanol–water partition coefficient (Wildman–Crippen LogP) is 4.33. The molecule has 1 amide bonds. The van der Waals surface area contributed by atoms with Gasteiger partial charge in [0, 0.05) is 37.4 Å². The summed E-state index contributed by atoms with van der Waals surface area (Å²) in [6.07, 6.45) is 3.57. The van der Waals surface area contributed by atoms with Crippen molar-refractivity contribution in [2.24, 2.45) is 13.0 Å². The molecule has 0 saturated heterocycles. The predicted molar refractivity (Wildman–Crippen MR) is 129 cm³/mol. The van der Waals surface area contributed by atoms with Crippen LogP contribution in [0.2, 0.25) is 0 Å². The standard InChI is InChI=1S/C24H29N5O3S/c1-14(2)13-29-24-19(15(3)27-29)12-20(33-24)23(30)26-21(22-25-7-8-28(22)4)16-9-17(31-5)11-18(10-16)32-6/h7-12,14,21H,13H2,1-6H3,(H,26,30). The molecule has 4 aromatic rings. The number of thiophene rings is 1. The molecule has 8 nitrogen and oxygen atoms in total. The number of imidazole rings is 1. The summed E-state index contributed by atoms with van der Waals surface area (Å²) in [6, 6.07) is 7.02. The highest BCUT2D eigenvalue weighted by atomic mass is 32.1. The second kappa shape index (κ2) is 9.27. The van der Waals surface area contributed by atoms with Gasteiger partial charge in [0.15, 0.2) is 0 Å². The molecule has 4 rings (SSSR count).